The van der Waals surface area contributed by atoms with Crippen LogP contribution in [0.3, 0.4) is 0 Å². The van der Waals surface area contributed by atoms with E-state index in [2.05, 4.69) is 5.29 Å². The molecule has 6 N–H and O–H groups in total. The molecule has 0 aliphatic carbocycles. The lowest BCUT2D eigenvalue weighted by atomic mass is 9.96. The van der Waals surface area contributed by atoms with Gasteiger partial charge in [-0.05, 0) is 0 Å². The molecule has 1 heterocycles. The van der Waals surface area contributed by atoms with Gasteiger partial charge in [0.1, 0.15) is 18.3 Å². The number of carbonyl (C=O) groups is 1. The molecule has 122 valence electrons. The fraction of sp³-hybridized carbons (Fsp3) is 0.889. The van der Waals surface area contributed by atoms with Crippen molar-refractivity contribution in [1.82, 2.24) is 10.3 Å². The van der Waals surface area contributed by atoms with Crippen molar-refractivity contribution in [1.29, 1.82) is 0 Å². The van der Waals surface area contributed by atoms with Gasteiger partial charge in [0.15, 0.2) is 6.10 Å². The van der Waals surface area contributed by atoms with Crippen LogP contribution in [0.4, 0.5) is 4.79 Å². The Morgan fingerprint density at radius 2 is 2.00 bits per heavy atom. The van der Waals surface area contributed by atoms with Crippen LogP contribution in [0, 0.1) is 4.91 Å². The van der Waals surface area contributed by atoms with Gasteiger partial charge in [0.2, 0.25) is 0 Å². The molecule has 11 nitrogen and oxygen atoms in total. The fourth-order valence-corrected chi connectivity index (χ4v) is 1.89. The van der Waals surface area contributed by atoms with Crippen LogP contribution >= 0.6 is 11.6 Å². The number of carbonyl (C=O) groups excluding carboxylic acids is 1. The summed E-state index contributed by atoms with van der Waals surface area (Å²) in [7, 11) is 0. The molecule has 5 atom stereocenters. The molecule has 0 saturated carbocycles. The summed E-state index contributed by atoms with van der Waals surface area (Å²) in [6, 6.07) is -1.26. The molecule has 0 spiro atoms. The summed E-state index contributed by atoms with van der Waals surface area (Å²) in [4.78, 5) is 22.1. The van der Waals surface area contributed by atoms with Crippen molar-refractivity contribution in [3.05, 3.63) is 4.91 Å². The molecule has 0 radical (unpaired) electrons. The predicted molar refractivity (Wildman–Crippen MR) is 66.7 cm³/mol. The van der Waals surface area contributed by atoms with E-state index in [4.69, 9.17) is 21.4 Å². The smallest absolute Gasteiger partial charge is 0.344 e. The second kappa shape index (κ2) is 7.26. The normalized spacial score (nSPS) is 36.1. The highest BCUT2D eigenvalue weighted by atomic mass is 35.5. The van der Waals surface area contributed by atoms with E-state index in [1.165, 1.54) is 0 Å². The number of halogens is 1. The van der Waals surface area contributed by atoms with Crippen molar-refractivity contribution in [2.24, 2.45) is 5.29 Å². The lowest BCUT2D eigenvalue weighted by molar-refractivity contribution is -0.357. The van der Waals surface area contributed by atoms with E-state index in [1.807, 2.05) is 0 Å². The van der Waals surface area contributed by atoms with Crippen LogP contribution in [-0.4, -0.2) is 85.9 Å². The van der Waals surface area contributed by atoms with E-state index >= 15 is 0 Å². The molecule has 0 aromatic carbocycles. The molecule has 1 saturated heterocycles. The molecule has 21 heavy (non-hydrogen) atoms. The van der Waals surface area contributed by atoms with E-state index < -0.39 is 43.0 Å². The second-order valence-electron chi connectivity index (χ2n) is 4.29. The van der Waals surface area contributed by atoms with Gasteiger partial charge in [0.25, 0.3) is 5.91 Å². The monoisotopic (exact) mass is 329 g/mol. The minimum Gasteiger partial charge on any atom is -0.394 e. The Hall–Kier alpha value is -1.08. The van der Waals surface area contributed by atoms with Crippen LogP contribution in [0.2, 0.25) is 0 Å². The van der Waals surface area contributed by atoms with Crippen molar-refractivity contribution in [2.45, 2.75) is 30.3 Å². The van der Waals surface area contributed by atoms with Gasteiger partial charge in [-0.25, -0.2) is 4.79 Å². The molecule has 1 aliphatic heterocycles. The minimum absolute atomic E-state index is 0.123. The molecule has 0 aromatic heterocycles. The number of nitrogens with one attached hydrogen (secondary N) is 1. The van der Waals surface area contributed by atoms with Gasteiger partial charge in [-0.2, -0.15) is 5.01 Å². The Bertz CT molecular complexity index is 386. The largest absolute Gasteiger partial charge is 0.394 e. The fourth-order valence-electron chi connectivity index (χ4n) is 1.73. The van der Waals surface area contributed by atoms with E-state index in [0.717, 1.165) is 0 Å². The van der Waals surface area contributed by atoms with E-state index in [0.29, 0.717) is 5.01 Å². The Morgan fingerprint density at radius 1 is 1.38 bits per heavy atom. The third kappa shape index (κ3) is 3.77. The highest BCUT2D eigenvalue weighted by molar-refractivity contribution is 6.18. The predicted octanol–water partition coefficient (Wildman–Crippen LogP) is -2.96. The number of hydrogen-bond donors (Lipinski definition) is 6. The Kier molecular flexibility index (Phi) is 6.22. The number of aliphatic hydroxyl groups is 5. The van der Waals surface area contributed by atoms with Crippen molar-refractivity contribution >= 4 is 17.6 Å². The maximum absolute atomic E-state index is 11.7. The molecule has 12 heteroatoms. The molecule has 2 amide bonds. The summed E-state index contributed by atoms with van der Waals surface area (Å²) in [5, 5.41) is 52.1. The number of nitrogens with zero attached hydrogens (tertiary/aromatic N) is 2. The highest BCUT2D eigenvalue weighted by Crippen LogP contribution is 2.26. The molecular formula is C9H16ClN3O8. The van der Waals surface area contributed by atoms with Gasteiger partial charge >= 0.3 is 6.03 Å². The zero-order valence-electron chi connectivity index (χ0n) is 10.7. The maximum Gasteiger partial charge on any atom is 0.344 e. The SMILES string of the molecule is O=NN(CCCl)C(=O)N[C@@]1(O)O[C@H](CO)[C@@H](O)[C@H](O)[C@H]1O. The van der Waals surface area contributed by atoms with Crippen LogP contribution in [0.15, 0.2) is 5.29 Å². The molecule has 1 rings (SSSR count). The highest BCUT2D eigenvalue weighted by Gasteiger charge is 2.54. The number of ether oxygens (including phenoxy) is 1. The first kappa shape index (κ1) is 18.0. The first-order valence-corrected chi connectivity index (χ1v) is 6.38. The van der Waals surface area contributed by atoms with Crippen molar-refractivity contribution in [3.63, 3.8) is 0 Å². The molecule has 0 unspecified atom stereocenters. The van der Waals surface area contributed by atoms with Crippen LogP contribution in [0.1, 0.15) is 0 Å². The van der Waals surface area contributed by atoms with Crippen molar-refractivity contribution in [3.8, 4) is 0 Å². The minimum atomic E-state index is -2.83. The van der Waals surface area contributed by atoms with Crippen LogP contribution in [-0.2, 0) is 4.74 Å². The number of alkyl halides is 1. The Morgan fingerprint density at radius 3 is 2.48 bits per heavy atom. The molecule has 1 fully saturated rings. The zero-order valence-corrected chi connectivity index (χ0v) is 11.4. The van der Waals surface area contributed by atoms with Crippen LogP contribution in [0.25, 0.3) is 0 Å². The summed E-state index contributed by atoms with van der Waals surface area (Å²) >= 11 is 5.34. The van der Waals surface area contributed by atoms with Gasteiger partial charge in [0, 0.05) is 5.88 Å². The topological polar surface area (TPSA) is 172 Å². The molecule has 1 aliphatic rings. The van der Waals surface area contributed by atoms with E-state index in [1.54, 1.807) is 5.32 Å². The van der Waals surface area contributed by atoms with Gasteiger partial charge in [-0.3, -0.25) is 5.32 Å². The summed E-state index contributed by atoms with van der Waals surface area (Å²) in [5.74, 6) is -2.96. The standard InChI is InChI=1S/C9H16ClN3O8/c10-1-2-13(12-20)8(18)11-9(19)7(17)6(16)5(15)4(3-14)21-9/h4-7,14-17,19H,1-3H2,(H,11,18)/t4-,5-,6+,7-,9+/m1/s1. The third-order valence-electron chi connectivity index (χ3n) is 2.88. The Balaban J connectivity index is 2.87. The number of nitroso groups, excluding NO2 is 1. The number of rotatable bonds is 5. The lowest BCUT2D eigenvalue weighted by Crippen LogP contribution is -2.72. The summed E-state index contributed by atoms with van der Waals surface area (Å²) in [5.41, 5.74) is 0. The summed E-state index contributed by atoms with van der Waals surface area (Å²) in [6.07, 6.45) is -7.21. The first-order valence-electron chi connectivity index (χ1n) is 5.84. The van der Waals surface area contributed by atoms with E-state index in [-0.39, 0.29) is 12.4 Å². The lowest BCUT2D eigenvalue weighted by Gasteiger charge is -2.45. The second-order valence-corrected chi connectivity index (χ2v) is 4.66. The number of urea groups is 1. The maximum atomic E-state index is 11.7. The van der Waals surface area contributed by atoms with Crippen molar-refractivity contribution in [2.75, 3.05) is 19.0 Å². The quantitative estimate of drug-likeness (QED) is 0.134. The number of amides is 2. The third-order valence-corrected chi connectivity index (χ3v) is 3.05. The van der Waals surface area contributed by atoms with Crippen molar-refractivity contribution < 1.29 is 35.1 Å². The van der Waals surface area contributed by atoms with E-state index in [9.17, 15) is 30.1 Å². The molecule has 0 bridgehead atoms. The number of aliphatic hydroxyl groups excluding tert-OH is 4. The number of hydrogen-bond acceptors (Lipinski definition) is 9. The van der Waals surface area contributed by atoms with Gasteiger partial charge in [0.05, 0.1) is 18.4 Å². The summed E-state index contributed by atoms with van der Waals surface area (Å²) < 4.78 is 4.77. The first-order chi connectivity index (χ1) is 9.80. The average Bonchev–Trinajstić information content (AvgIpc) is 2.46. The van der Waals surface area contributed by atoms with Gasteiger partial charge in [-0.1, -0.05) is 0 Å². The van der Waals surface area contributed by atoms with Crippen LogP contribution in [0.5, 0.6) is 0 Å². The molecular weight excluding hydrogens is 314 g/mol. The summed E-state index contributed by atoms with van der Waals surface area (Å²) in [6.45, 7) is -1.09. The van der Waals surface area contributed by atoms with Crippen LogP contribution < -0.4 is 5.32 Å². The zero-order chi connectivity index (χ0) is 16.2. The van der Waals surface area contributed by atoms with Gasteiger partial charge < -0.3 is 30.3 Å². The van der Waals surface area contributed by atoms with Gasteiger partial charge in [-0.15, -0.1) is 16.5 Å². The average molecular weight is 330 g/mol. The molecule has 0 aromatic rings. The Labute approximate surface area is 123 Å².